The number of thioether (sulfide) groups is 1. The predicted octanol–water partition coefficient (Wildman–Crippen LogP) is 5.53. The smallest absolute Gasteiger partial charge is 0.325 e. The first-order chi connectivity index (χ1) is 22.3. The van der Waals surface area contributed by atoms with Gasteiger partial charge in [-0.25, -0.2) is 9.78 Å². The van der Waals surface area contributed by atoms with Crippen LogP contribution in [0.15, 0.2) is 90.3 Å². The molecule has 4 aromatic rings. The fourth-order valence-electron chi connectivity index (χ4n) is 5.29. The highest BCUT2D eigenvalue weighted by Crippen LogP contribution is 2.43. The molecule has 0 saturated carbocycles. The summed E-state index contributed by atoms with van der Waals surface area (Å²) in [6.07, 6.45) is 2.80. The molecule has 0 spiro atoms. The van der Waals surface area contributed by atoms with Crippen LogP contribution in [0.5, 0.6) is 0 Å². The van der Waals surface area contributed by atoms with Gasteiger partial charge in [-0.15, -0.1) is 0 Å². The van der Waals surface area contributed by atoms with Gasteiger partial charge in [0.05, 0.1) is 25.4 Å². The van der Waals surface area contributed by atoms with Crippen molar-refractivity contribution in [3.8, 4) is 11.1 Å². The number of benzene rings is 3. The molecule has 4 atom stereocenters. The van der Waals surface area contributed by atoms with Crippen LogP contribution in [0.1, 0.15) is 48.5 Å². The van der Waals surface area contributed by atoms with Gasteiger partial charge < -0.3 is 34.5 Å². The SMILES string of the molecule is CCOC(=O)CNC(=O)NCc1cccc(-c2cccc(C3OC(CSc4nccn4C)C(C)C(c4ccc(CO)cc4)O3)c2)c1. The number of aliphatic hydroxyl groups is 1. The molecule has 0 aliphatic carbocycles. The molecule has 2 amide bonds. The van der Waals surface area contributed by atoms with E-state index in [0.29, 0.717) is 12.3 Å². The molecule has 0 bridgehead atoms. The summed E-state index contributed by atoms with van der Waals surface area (Å²) >= 11 is 1.66. The number of esters is 1. The number of aromatic nitrogens is 2. The molecule has 0 radical (unpaired) electrons. The lowest BCUT2D eigenvalue weighted by atomic mass is 9.91. The number of aryl methyl sites for hydroxylation is 1. The van der Waals surface area contributed by atoms with Crippen LogP contribution in [0.4, 0.5) is 4.79 Å². The summed E-state index contributed by atoms with van der Waals surface area (Å²) < 4.78 is 20.2. The van der Waals surface area contributed by atoms with Gasteiger partial charge in [-0.1, -0.05) is 79.3 Å². The maximum Gasteiger partial charge on any atom is 0.325 e. The van der Waals surface area contributed by atoms with E-state index in [9.17, 15) is 14.7 Å². The zero-order valence-corrected chi connectivity index (χ0v) is 27.0. The Balaban J connectivity index is 1.32. The van der Waals surface area contributed by atoms with E-state index in [1.807, 2.05) is 84.5 Å². The van der Waals surface area contributed by atoms with E-state index in [4.69, 9.17) is 14.2 Å². The number of urea groups is 1. The molecule has 1 saturated heterocycles. The summed E-state index contributed by atoms with van der Waals surface area (Å²) in [6, 6.07) is 23.5. The fourth-order valence-corrected chi connectivity index (χ4v) is 6.39. The van der Waals surface area contributed by atoms with Gasteiger partial charge in [0, 0.05) is 43.2 Å². The molecule has 1 aliphatic heterocycles. The minimum atomic E-state index is -0.599. The van der Waals surface area contributed by atoms with Crippen molar-refractivity contribution in [2.75, 3.05) is 18.9 Å². The van der Waals surface area contributed by atoms with Crippen LogP contribution in [0.25, 0.3) is 11.1 Å². The van der Waals surface area contributed by atoms with Crippen molar-refractivity contribution in [2.24, 2.45) is 13.0 Å². The van der Waals surface area contributed by atoms with Crippen LogP contribution in [-0.2, 0) is 39.2 Å². The summed E-state index contributed by atoms with van der Waals surface area (Å²) in [6.45, 7) is 4.22. The van der Waals surface area contributed by atoms with Gasteiger partial charge in [0.25, 0.3) is 0 Å². The third kappa shape index (κ3) is 8.55. The fraction of sp³-hybridized carbons (Fsp3) is 0.343. The number of nitrogens with one attached hydrogen (secondary N) is 2. The summed E-state index contributed by atoms with van der Waals surface area (Å²) in [4.78, 5) is 28.1. The van der Waals surface area contributed by atoms with Crippen LogP contribution in [0, 0.1) is 5.92 Å². The average Bonchev–Trinajstić information content (AvgIpc) is 3.50. The van der Waals surface area contributed by atoms with Crippen LogP contribution in [0.3, 0.4) is 0 Å². The molecular formula is C35H40N4O6S. The van der Waals surface area contributed by atoms with E-state index in [-0.39, 0.29) is 37.9 Å². The van der Waals surface area contributed by atoms with Crippen molar-refractivity contribution in [1.29, 1.82) is 0 Å². The molecule has 3 aromatic carbocycles. The van der Waals surface area contributed by atoms with E-state index < -0.39 is 18.3 Å². The molecule has 4 unspecified atom stereocenters. The van der Waals surface area contributed by atoms with Gasteiger partial charge in [0.2, 0.25) is 0 Å². The Kier molecular flexibility index (Phi) is 11.5. The number of rotatable bonds is 12. The molecule has 5 rings (SSSR count). The first kappa shape index (κ1) is 33.2. The van der Waals surface area contributed by atoms with Crippen LogP contribution >= 0.6 is 11.8 Å². The summed E-state index contributed by atoms with van der Waals surface area (Å²) in [5.41, 5.74) is 5.66. The predicted molar refractivity (Wildman–Crippen MR) is 176 cm³/mol. The monoisotopic (exact) mass is 644 g/mol. The minimum absolute atomic E-state index is 0.0112. The van der Waals surface area contributed by atoms with Crippen molar-refractivity contribution in [3.63, 3.8) is 0 Å². The number of ether oxygens (including phenoxy) is 3. The first-order valence-corrected chi connectivity index (χ1v) is 16.3. The lowest BCUT2D eigenvalue weighted by Crippen LogP contribution is -2.38. The molecular weight excluding hydrogens is 604 g/mol. The Morgan fingerprint density at radius 2 is 1.74 bits per heavy atom. The molecule has 1 aliphatic rings. The van der Waals surface area contributed by atoms with E-state index in [2.05, 4.69) is 28.6 Å². The van der Waals surface area contributed by atoms with Crippen molar-refractivity contribution in [2.45, 2.75) is 50.7 Å². The van der Waals surface area contributed by atoms with E-state index in [0.717, 1.165) is 38.5 Å². The van der Waals surface area contributed by atoms with Gasteiger partial charge >= 0.3 is 12.0 Å². The number of nitrogens with zero attached hydrogens (tertiary/aromatic N) is 2. The summed E-state index contributed by atoms with van der Waals surface area (Å²) in [5, 5.41) is 15.8. The number of imidazole rings is 1. The van der Waals surface area contributed by atoms with Crippen molar-refractivity contribution >= 4 is 23.8 Å². The quantitative estimate of drug-likeness (QED) is 0.136. The third-order valence-corrected chi connectivity index (χ3v) is 8.99. The number of hydrogen-bond donors (Lipinski definition) is 3. The standard InChI is InChI=1S/C35H40N4O6S/c1-4-43-31(41)20-38-34(42)37-19-25-7-5-8-27(17-25)28-9-6-10-29(18-28)33-44-30(22-46-35-36-15-16-39(35)3)23(2)32(45-33)26-13-11-24(21-40)12-14-26/h5-18,23,30,32-33,40H,4,19-22H2,1-3H3,(H2,37,38,42). The zero-order valence-electron chi connectivity index (χ0n) is 26.2. The van der Waals surface area contributed by atoms with Crippen LogP contribution in [0.2, 0.25) is 0 Å². The van der Waals surface area contributed by atoms with E-state index in [1.54, 1.807) is 24.9 Å². The lowest BCUT2D eigenvalue weighted by molar-refractivity contribution is -0.268. The highest BCUT2D eigenvalue weighted by atomic mass is 32.2. The Hall–Kier alpha value is -4.16. The molecule has 11 heteroatoms. The number of carbonyl (C=O) groups excluding carboxylic acids is 2. The summed E-state index contributed by atoms with van der Waals surface area (Å²) in [7, 11) is 1.98. The second-order valence-corrected chi connectivity index (χ2v) is 12.1. The van der Waals surface area contributed by atoms with E-state index in [1.165, 1.54) is 0 Å². The summed E-state index contributed by atoms with van der Waals surface area (Å²) in [5.74, 6) is 0.286. The first-order valence-electron chi connectivity index (χ1n) is 15.3. The topological polar surface area (TPSA) is 124 Å². The maximum absolute atomic E-state index is 12.2. The Morgan fingerprint density at radius 1 is 0.978 bits per heavy atom. The molecule has 46 heavy (non-hydrogen) atoms. The lowest BCUT2D eigenvalue weighted by Gasteiger charge is -2.41. The molecule has 3 N–H and O–H groups in total. The number of carbonyl (C=O) groups is 2. The van der Waals surface area contributed by atoms with Crippen molar-refractivity contribution in [1.82, 2.24) is 20.2 Å². The van der Waals surface area contributed by atoms with Gasteiger partial charge in [-0.05, 0) is 46.9 Å². The molecule has 1 aromatic heterocycles. The van der Waals surface area contributed by atoms with Crippen LogP contribution < -0.4 is 10.6 Å². The highest BCUT2D eigenvalue weighted by Gasteiger charge is 2.38. The number of aliphatic hydroxyl groups excluding tert-OH is 1. The van der Waals surface area contributed by atoms with Gasteiger partial charge in [-0.2, -0.15) is 0 Å². The largest absolute Gasteiger partial charge is 0.465 e. The second kappa shape index (κ2) is 15.9. The molecule has 10 nitrogen and oxygen atoms in total. The highest BCUT2D eigenvalue weighted by molar-refractivity contribution is 7.99. The minimum Gasteiger partial charge on any atom is -0.465 e. The molecule has 2 heterocycles. The zero-order chi connectivity index (χ0) is 32.5. The second-order valence-electron chi connectivity index (χ2n) is 11.1. The number of hydrogen-bond acceptors (Lipinski definition) is 8. The third-order valence-electron chi connectivity index (χ3n) is 7.85. The van der Waals surface area contributed by atoms with E-state index >= 15 is 0 Å². The molecule has 1 fully saturated rings. The van der Waals surface area contributed by atoms with Gasteiger partial charge in [-0.3, -0.25) is 4.79 Å². The molecule has 242 valence electrons. The Bertz CT molecular complexity index is 1610. The van der Waals surface area contributed by atoms with Gasteiger partial charge in [0.1, 0.15) is 6.54 Å². The number of amides is 2. The van der Waals surface area contributed by atoms with Crippen molar-refractivity contribution in [3.05, 3.63) is 107 Å². The maximum atomic E-state index is 12.2. The van der Waals surface area contributed by atoms with Gasteiger partial charge in [0.15, 0.2) is 11.4 Å². The van der Waals surface area contributed by atoms with Crippen molar-refractivity contribution < 1.29 is 28.9 Å². The average molecular weight is 645 g/mol. The normalized spacial score (nSPS) is 19.4. The Labute approximate surface area is 273 Å². The Morgan fingerprint density at radius 3 is 2.46 bits per heavy atom. The van der Waals surface area contributed by atoms with Crippen LogP contribution in [-0.4, -0.2) is 51.7 Å².